The molecule has 2 heterocycles. The minimum Gasteiger partial charge on any atom is -0.369 e. The summed E-state index contributed by atoms with van der Waals surface area (Å²) in [5, 5.41) is 9.83. The lowest BCUT2D eigenvalue weighted by atomic mass is 10.1. The smallest absolute Gasteiger partial charge is 0.133 e. The van der Waals surface area contributed by atoms with Crippen molar-refractivity contribution in [3.05, 3.63) is 35.5 Å². The first-order valence-corrected chi connectivity index (χ1v) is 6.69. The monoisotopic (exact) mass is 261 g/mol. The average molecular weight is 262 g/mol. The Labute approximate surface area is 112 Å². The molecule has 2 N–H and O–H groups in total. The summed E-state index contributed by atoms with van der Waals surface area (Å²) in [7, 11) is 0. The minimum atomic E-state index is 0.696. The minimum absolute atomic E-state index is 0.696. The van der Waals surface area contributed by atoms with Gasteiger partial charge < -0.3 is 10.6 Å². The van der Waals surface area contributed by atoms with E-state index in [1.165, 1.54) is 11.8 Å². The van der Waals surface area contributed by atoms with Crippen LogP contribution in [0.4, 0.5) is 5.82 Å². The van der Waals surface area contributed by atoms with Crippen LogP contribution in [0.25, 0.3) is 10.8 Å². The number of anilines is 1. The normalized spacial score (nSPS) is 19.3. The molecule has 1 atom stereocenters. The molecule has 0 spiro atoms. The van der Waals surface area contributed by atoms with Crippen LogP contribution in [0.15, 0.2) is 30.5 Å². The molecule has 1 unspecified atom stereocenters. The molecule has 0 radical (unpaired) electrons. The van der Waals surface area contributed by atoms with E-state index in [1.54, 1.807) is 0 Å². The van der Waals surface area contributed by atoms with Crippen LogP contribution in [0.3, 0.4) is 0 Å². The predicted molar refractivity (Wildman–Crippen MR) is 76.2 cm³/mol. The summed E-state index contributed by atoms with van der Waals surface area (Å²) in [5.74, 6) is 1.63. The summed E-state index contributed by atoms with van der Waals surface area (Å²) in [6.45, 7) is 3.19. The molecule has 1 fully saturated rings. The Morgan fingerprint density at radius 3 is 3.17 bits per heavy atom. The first-order chi connectivity index (χ1) is 8.83. The van der Waals surface area contributed by atoms with E-state index in [-0.39, 0.29) is 0 Å². The van der Waals surface area contributed by atoms with Crippen molar-refractivity contribution in [2.75, 3.05) is 25.0 Å². The van der Waals surface area contributed by atoms with Gasteiger partial charge in [-0.25, -0.2) is 4.98 Å². The van der Waals surface area contributed by atoms with Gasteiger partial charge in [-0.3, -0.25) is 0 Å². The van der Waals surface area contributed by atoms with Crippen molar-refractivity contribution in [2.24, 2.45) is 5.92 Å². The Balaban J connectivity index is 1.84. The molecule has 1 aromatic carbocycles. The van der Waals surface area contributed by atoms with Gasteiger partial charge in [0.05, 0.1) is 0 Å². The fraction of sp³-hybridized carbons (Fsp3) is 0.357. The van der Waals surface area contributed by atoms with Crippen LogP contribution in [-0.2, 0) is 0 Å². The lowest BCUT2D eigenvalue weighted by Crippen LogP contribution is -2.17. The van der Waals surface area contributed by atoms with Crippen LogP contribution in [0, 0.1) is 5.92 Å². The zero-order valence-electron chi connectivity index (χ0n) is 10.1. The molecule has 0 bridgehead atoms. The molecule has 0 amide bonds. The standard InChI is InChI=1S/C14H16ClN3/c15-12-2-1-11-4-6-17-14(13(11)7-12)18-9-10-3-5-16-8-10/h1-2,4,6-7,10,16H,3,5,8-9H2,(H,17,18). The summed E-state index contributed by atoms with van der Waals surface area (Å²) in [6.07, 6.45) is 3.07. The Hall–Kier alpha value is -1.32. The maximum atomic E-state index is 6.05. The van der Waals surface area contributed by atoms with Crippen LogP contribution < -0.4 is 10.6 Å². The molecule has 2 aromatic rings. The molecule has 0 saturated carbocycles. The third kappa shape index (κ3) is 2.42. The molecule has 3 nitrogen and oxygen atoms in total. The molecule has 1 aliphatic heterocycles. The second kappa shape index (κ2) is 5.12. The number of aromatic nitrogens is 1. The summed E-state index contributed by atoms with van der Waals surface area (Å²) in [4.78, 5) is 4.42. The van der Waals surface area contributed by atoms with Crippen molar-refractivity contribution >= 4 is 28.2 Å². The number of nitrogens with zero attached hydrogens (tertiary/aromatic N) is 1. The zero-order valence-corrected chi connectivity index (χ0v) is 10.9. The van der Waals surface area contributed by atoms with Crippen molar-refractivity contribution in [1.29, 1.82) is 0 Å². The Morgan fingerprint density at radius 1 is 1.39 bits per heavy atom. The van der Waals surface area contributed by atoms with Crippen molar-refractivity contribution in [3.8, 4) is 0 Å². The van der Waals surface area contributed by atoms with Gasteiger partial charge in [0.15, 0.2) is 0 Å². The Kier molecular flexibility index (Phi) is 3.35. The number of hydrogen-bond acceptors (Lipinski definition) is 3. The number of hydrogen-bond donors (Lipinski definition) is 2. The largest absolute Gasteiger partial charge is 0.369 e. The first-order valence-electron chi connectivity index (χ1n) is 6.32. The van der Waals surface area contributed by atoms with E-state index in [9.17, 15) is 0 Å². The van der Waals surface area contributed by atoms with Gasteiger partial charge in [0.1, 0.15) is 5.82 Å². The maximum absolute atomic E-state index is 6.05. The first kappa shape index (κ1) is 11.8. The van der Waals surface area contributed by atoms with Gasteiger partial charge in [0.25, 0.3) is 0 Å². The molecule has 94 valence electrons. The molecule has 1 aliphatic rings. The summed E-state index contributed by atoms with van der Waals surface area (Å²) in [6, 6.07) is 7.92. The van der Waals surface area contributed by atoms with E-state index < -0.39 is 0 Å². The van der Waals surface area contributed by atoms with Crippen LogP contribution in [0.2, 0.25) is 5.02 Å². The maximum Gasteiger partial charge on any atom is 0.133 e. The molecular weight excluding hydrogens is 246 g/mol. The second-order valence-corrected chi connectivity index (χ2v) is 5.20. The molecule has 0 aliphatic carbocycles. The van der Waals surface area contributed by atoms with Crippen molar-refractivity contribution in [1.82, 2.24) is 10.3 Å². The molecule has 1 aromatic heterocycles. The Bertz CT molecular complexity index is 550. The van der Waals surface area contributed by atoms with Crippen molar-refractivity contribution in [2.45, 2.75) is 6.42 Å². The SMILES string of the molecule is Clc1ccc2ccnc(NCC3CCNC3)c2c1. The topological polar surface area (TPSA) is 37.0 Å². The van der Waals surface area contributed by atoms with Gasteiger partial charge in [0.2, 0.25) is 0 Å². The summed E-state index contributed by atoms with van der Waals surface area (Å²) < 4.78 is 0. The van der Waals surface area contributed by atoms with E-state index in [2.05, 4.69) is 15.6 Å². The number of pyridine rings is 1. The van der Waals surface area contributed by atoms with Crippen LogP contribution in [0.5, 0.6) is 0 Å². The van der Waals surface area contributed by atoms with E-state index >= 15 is 0 Å². The lowest BCUT2D eigenvalue weighted by molar-refractivity contribution is 0.614. The van der Waals surface area contributed by atoms with Gasteiger partial charge in [-0.2, -0.15) is 0 Å². The third-order valence-corrected chi connectivity index (χ3v) is 3.68. The highest BCUT2D eigenvalue weighted by atomic mass is 35.5. The summed E-state index contributed by atoms with van der Waals surface area (Å²) >= 11 is 6.05. The van der Waals surface area contributed by atoms with Gasteiger partial charge >= 0.3 is 0 Å². The highest BCUT2D eigenvalue weighted by molar-refractivity contribution is 6.31. The number of benzene rings is 1. The van der Waals surface area contributed by atoms with Crippen LogP contribution in [0.1, 0.15) is 6.42 Å². The van der Waals surface area contributed by atoms with Gasteiger partial charge in [0, 0.05) is 23.2 Å². The number of nitrogens with one attached hydrogen (secondary N) is 2. The fourth-order valence-electron chi connectivity index (χ4n) is 2.41. The highest BCUT2D eigenvalue weighted by Crippen LogP contribution is 2.24. The van der Waals surface area contributed by atoms with Gasteiger partial charge in [-0.1, -0.05) is 17.7 Å². The molecule has 18 heavy (non-hydrogen) atoms. The zero-order chi connectivity index (χ0) is 12.4. The van der Waals surface area contributed by atoms with Gasteiger partial charge in [-0.05, 0) is 49.0 Å². The van der Waals surface area contributed by atoms with E-state index in [4.69, 9.17) is 11.6 Å². The average Bonchev–Trinajstić information content (AvgIpc) is 2.89. The Morgan fingerprint density at radius 2 is 2.33 bits per heavy atom. The van der Waals surface area contributed by atoms with Crippen LogP contribution >= 0.6 is 11.6 Å². The number of halogens is 1. The van der Waals surface area contributed by atoms with E-state index in [0.717, 1.165) is 35.9 Å². The third-order valence-electron chi connectivity index (χ3n) is 3.45. The van der Waals surface area contributed by atoms with Crippen LogP contribution in [-0.4, -0.2) is 24.6 Å². The molecule has 1 saturated heterocycles. The van der Waals surface area contributed by atoms with Crippen molar-refractivity contribution in [3.63, 3.8) is 0 Å². The highest BCUT2D eigenvalue weighted by Gasteiger charge is 2.14. The molecule has 3 rings (SSSR count). The number of fused-ring (bicyclic) bond motifs is 1. The van der Waals surface area contributed by atoms with Crippen molar-refractivity contribution < 1.29 is 0 Å². The fourth-order valence-corrected chi connectivity index (χ4v) is 2.58. The summed E-state index contributed by atoms with van der Waals surface area (Å²) in [5.41, 5.74) is 0. The second-order valence-electron chi connectivity index (χ2n) is 4.76. The lowest BCUT2D eigenvalue weighted by Gasteiger charge is -2.12. The molecule has 4 heteroatoms. The number of rotatable bonds is 3. The molecular formula is C14H16ClN3. The predicted octanol–water partition coefficient (Wildman–Crippen LogP) is 2.91. The van der Waals surface area contributed by atoms with Gasteiger partial charge in [-0.15, -0.1) is 0 Å². The van der Waals surface area contributed by atoms with E-state index in [1.807, 2.05) is 30.5 Å². The quantitative estimate of drug-likeness (QED) is 0.892. The van der Waals surface area contributed by atoms with E-state index in [0.29, 0.717) is 5.92 Å².